The summed E-state index contributed by atoms with van der Waals surface area (Å²) in [7, 11) is -5.81. The molecule has 3 rings (SSSR count). The van der Waals surface area contributed by atoms with Gasteiger partial charge in [0, 0.05) is 6.04 Å². The first kappa shape index (κ1) is 27.8. The molecule has 0 bridgehead atoms. The summed E-state index contributed by atoms with van der Waals surface area (Å²) in [4.78, 5) is 14.5. The third kappa shape index (κ3) is 6.91. The van der Waals surface area contributed by atoms with Gasteiger partial charge in [0.15, 0.2) is 0 Å². The molecule has 1 N–H and O–H groups in total. The van der Waals surface area contributed by atoms with Gasteiger partial charge in [-0.05, 0) is 75.8 Å². The van der Waals surface area contributed by atoms with Gasteiger partial charge in [-0.1, -0.05) is 35.9 Å². The third-order valence-corrected chi connectivity index (χ3v) is 6.75. The highest BCUT2D eigenvalue weighted by Gasteiger charge is 2.48. The molecule has 0 radical (unpaired) electrons. The normalized spacial score (nSPS) is 17.2. The lowest BCUT2D eigenvalue weighted by atomic mass is 9.87. The van der Waals surface area contributed by atoms with E-state index >= 15 is 0 Å². The number of aliphatic hydroxyl groups is 1. The molecule has 0 saturated carbocycles. The molecular formula is C25H30F3NO6S. The van der Waals surface area contributed by atoms with E-state index in [1.165, 1.54) is 23.1 Å². The number of rotatable bonds is 6. The first-order chi connectivity index (χ1) is 16.6. The SMILES string of the molecule is Cc1ccc([C@H](O)CN(C(=O)OC(C)(C)C)[C@H]2CCc3ccc(OS(=O)(=O)C(F)(F)F)cc3C2)cc1. The second-order valence-corrected chi connectivity index (χ2v) is 11.4. The number of halogens is 3. The van der Waals surface area contributed by atoms with Crippen LogP contribution < -0.4 is 4.18 Å². The number of aryl methyl sites for hydroxylation is 2. The van der Waals surface area contributed by atoms with Crippen LogP contribution >= 0.6 is 0 Å². The van der Waals surface area contributed by atoms with Gasteiger partial charge in [-0.25, -0.2) is 4.79 Å². The van der Waals surface area contributed by atoms with Gasteiger partial charge in [0.1, 0.15) is 11.4 Å². The van der Waals surface area contributed by atoms with E-state index < -0.39 is 45.2 Å². The summed E-state index contributed by atoms with van der Waals surface area (Å²) in [5.74, 6) is -0.463. The van der Waals surface area contributed by atoms with Gasteiger partial charge in [-0.15, -0.1) is 0 Å². The van der Waals surface area contributed by atoms with Crippen molar-refractivity contribution in [1.29, 1.82) is 0 Å². The zero-order valence-electron chi connectivity index (χ0n) is 20.5. The molecule has 1 amide bonds. The number of aliphatic hydroxyl groups excluding tert-OH is 1. The van der Waals surface area contributed by atoms with E-state index in [1.54, 1.807) is 32.9 Å². The number of ether oxygens (including phenoxy) is 1. The quantitative estimate of drug-likeness (QED) is 0.416. The number of carbonyl (C=O) groups is 1. The van der Waals surface area contributed by atoms with Crippen LogP contribution in [-0.2, 0) is 27.7 Å². The van der Waals surface area contributed by atoms with E-state index in [0.717, 1.165) is 11.1 Å². The maximum absolute atomic E-state index is 13.1. The molecule has 198 valence electrons. The summed E-state index contributed by atoms with van der Waals surface area (Å²) < 4.78 is 70.9. The molecule has 1 aliphatic rings. The second kappa shape index (κ2) is 10.3. The Kier molecular flexibility index (Phi) is 7.95. The summed E-state index contributed by atoms with van der Waals surface area (Å²) in [6.45, 7) is 7.03. The van der Waals surface area contributed by atoms with Crippen LogP contribution in [0.15, 0.2) is 42.5 Å². The summed E-state index contributed by atoms with van der Waals surface area (Å²) in [6, 6.07) is 10.7. The molecule has 0 aromatic heterocycles. The molecule has 0 unspecified atom stereocenters. The Labute approximate surface area is 209 Å². The van der Waals surface area contributed by atoms with Crippen LogP contribution in [-0.4, -0.2) is 48.2 Å². The van der Waals surface area contributed by atoms with Crippen molar-refractivity contribution in [2.75, 3.05) is 6.54 Å². The minimum atomic E-state index is -5.81. The number of alkyl halides is 3. The summed E-state index contributed by atoms with van der Waals surface area (Å²) in [6.07, 6.45) is -0.390. The van der Waals surface area contributed by atoms with Crippen LogP contribution in [0.25, 0.3) is 0 Å². The van der Waals surface area contributed by atoms with Crippen LogP contribution in [0.3, 0.4) is 0 Å². The van der Waals surface area contributed by atoms with Crippen molar-refractivity contribution in [3.63, 3.8) is 0 Å². The number of hydrogen-bond acceptors (Lipinski definition) is 6. The number of amides is 1. The largest absolute Gasteiger partial charge is 0.534 e. The fraction of sp³-hybridized carbons (Fsp3) is 0.480. The van der Waals surface area contributed by atoms with E-state index in [9.17, 15) is 31.5 Å². The zero-order chi connectivity index (χ0) is 26.9. The Balaban J connectivity index is 1.86. The van der Waals surface area contributed by atoms with E-state index in [2.05, 4.69) is 4.18 Å². The van der Waals surface area contributed by atoms with Gasteiger partial charge in [0.25, 0.3) is 0 Å². The molecule has 36 heavy (non-hydrogen) atoms. The topological polar surface area (TPSA) is 93.1 Å². The van der Waals surface area contributed by atoms with Crippen molar-refractivity contribution >= 4 is 16.2 Å². The smallest absolute Gasteiger partial charge is 0.444 e. The Morgan fingerprint density at radius 2 is 1.75 bits per heavy atom. The van der Waals surface area contributed by atoms with Gasteiger partial charge >= 0.3 is 21.7 Å². The highest BCUT2D eigenvalue weighted by Crippen LogP contribution is 2.32. The first-order valence-corrected chi connectivity index (χ1v) is 12.8. The predicted octanol–water partition coefficient (Wildman–Crippen LogP) is 5.05. The molecule has 0 fully saturated rings. The highest BCUT2D eigenvalue weighted by molar-refractivity contribution is 7.88. The number of benzene rings is 2. The standard InChI is InChI=1S/C25H30F3NO6S/c1-16-5-7-18(8-6-16)22(30)15-29(23(31)34-24(2,3)4)20-11-9-17-10-12-21(14-19(17)13-20)35-36(32,33)25(26,27)28/h5-8,10,12,14,20,22,30H,9,11,13,15H2,1-4H3/t20-,22+/m0/s1. The monoisotopic (exact) mass is 529 g/mol. The van der Waals surface area contributed by atoms with Crippen molar-refractivity contribution in [2.24, 2.45) is 0 Å². The van der Waals surface area contributed by atoms with E-state index in [1.807, 2.05) is 19.1 Å². The van der Waals surface area contributed by atoms with Gasteiger partial charge in [0.2, 0.25) is 0 Å². The van der Waals surface area contributed by atoms with Crippen molar-refractivity contribution in [1.82, 2.24) is 4.90 Å². The maximum atomic E-state index is 13.1. The molecule has 2 aromatic rings. The fourth-order valence-electron chi connectivity index (χ4n) is 3.98. The summed E-state index contributed by atoms with van der Waals surface area (Å²) in [5.41, 5.74) is -3.33. The molecular weight excluding hydrogens is 499 g/mol. The lowest BCUT2D eigenvalue weighted by Crippen LogP contribution is -2.47. The number of carbonyl (C=O) groups excluding carboxylic acids is 1. The zero-order valence-corrected chi connectivity index (χ0v) is 21.3. The van der Waals surface area contributed by atoms with Crippen LogP contribution in [0.4, 0.5) is 18.0 Å². The third-order valence-electron chi connectivity index (χ3n) is 5.77. The molecule has 1 aliphatic carbocycles. The Morgan fingerprint density at radius 3 is 2.33 bits per heavy atom. The Hall–Kier alpha value is -2.79. The fourth-order valence-corrected chi connectivity index (χ4v) is 4.43. The van der Waals surface area contributed by atoms with Crippen LogP contribution in [0.1, 0.15) is 55.5 Å². The number of fused-ring (bicyclic) bond motifs is 1. The molecule has 2 atom stereocenters. The Morgan fingerprint density at radius 1 is 1.11 bits per heavy atom. The van der Waals surface area contributed by atoms with Gasteiger partial charge in [0.05, 0.1) is 12.6 Å². The summed E-state index contributed by atoms with van der Waals surface area (Å²) in [5, 5.41) is 10.9. The lowest BCUT2D eigenvalue weighted by Gasteiger charge is -2.37. The highest BCUT2D eigenvalue weighted by atomic mass is 32.2. The minimum absolute atomic E-state index is 0.0589. The van der Waals surface area contributed by atoms with Crippen molar-refractivity contribution < 1.29 is 40.4 Å². The molecule has 0 aliphatic heterocycles. The maximum Gasteiger partial charge on any atom is 0.534 e. The molecule has 2 aromatic carbocycles. The molecule has 11 heteroatoms. The molecule has 0 saturated heterocycles. The molecule has 0 spiro atoms. The number of nitrogens with zero attached hydrogens (tertiary/aromatic N) is 1. The van der Waals surface area contributed by atoms with Gasteiger partial charge < -0.3 is 18.9 Å². The second-order valence-electron chi connectivity index (χ2n) is 9.87. The van der Waals surface area contributed by atoms with Gasteiger partial charge in [-0.2, -0.15) is 21.6 Å². The average molecular weight is 530 g/mol. The Bertz CT molecular complexity index is 1190. The van der Waals surface area contributed by atoms with E-state index in [-0.39, 0.29) is 13.0 Å². The van der Waals surface area contributed by atoms with E-state index in [0.29, 0.717) is 24.0 Å². The van der Waals surface area contributed by atoms with Crippen LogP contribution in [0.2, 0.25) is 0 Å². The lowest BCUT2D eigenvalue weighted by molar-refractivity contribution is -0.0500. The predicted molar refractivity (Wildman–Crippen MR) is 127 cm³/mol. The van der Waals surface area contributed by atoms with Crippen LogP contribution in [0.5, 0.6) is 5.75 Å². The van der Waals surface area contributed by atoms with Crippen molar-refractivity contribution in [3.8, 4) is 5.75 Å². The van der Waals surface area contributed by atoms with Crippen LogP contribution in [0, 0.1) is 6.92 Å². The number of hydrogen-bond donors (Lipinski definition) is 1. The minimum Gasteiger partial charge on any atom is -0.444 e. The van der Waals surface area contributed by atoms with Crippen molar-refractivity contribution in [2.45, 2.75) is 70.2 Å². The van der Waals surface area contributed by atoms with E-state index in [4.69, 9.17) is 4.74 Å². The summed E-state index contributed by atoms with van der Waals surface area (Å²) >= 11 is 0. The molecule has 7 nitrogen and oxygen atoms in total. The van der Waals surface area contributed by atoms with Crippen molar-refractivity contribution in [3.05, 3.63) is 64.7 Å². The van der Waals surface area contributed by atoms with Gasteiger partial charge in [-0.3, -0.25) is 0 Å². The first-order valence-electron chi connectivity index (χ1n) is 11.4. The molecule has 0 heterocycles. The average Bonchev–Trinajstić information content (AvgIpc) is 2.75.